The fourth-order valence-electron chi connectivity index (χ4n) is 6.93. The van der Waals surface area contributed by atoms with Gasteiger partial charge in [0.05, 0.1) is 21.4 Å². The minimum Gasteiger partial charge on any atom is -0.355 e. The van der Waals surface area contributed by atoms with Crippen LogP contribution in [0.25, 0.3) is 78.3 Å². The van der Waals surface area contributed by atoms with E-state index in [1.54, 1.807) is 0 Å². The first kappa shape index (κ1) is 31.6. The average molecular weight is 666 g/mol. The fraction of sp³-hybridized carbons (Fsp3) is 0.109. The summed E-state index contributed by atoms with van der Waals surface area (Å²) in [7, 11) is 0. The van der Waals surface area contributed by atoms with Gasteiger partial charge in [0.2, 0.25) is 0 Å². The second kappa shape index (κ2) is 13.7. The topological polar surface area (TPSA) is 29.9 Å². The fourth-order valence-corrected chi connectivity index (χ4v) is 8.24. The lowest BCUT2D eigenvalue weighted by Gasteiger charge is -2.14. The Morgan fingerprint density at radius 2 is 1.38 bits per heavy atom. The quantitative estimate of drug-likeness (QED) is 0.192. The van der Waals surface area contributed by atoms with Crippen molar-refractivity contribution in [1.82, 2.24) is 9.55 Å². The average Bonchev–Trinajstić information content (AvgIpc) is 3.71. The molecule has 0 saturated carbocycles. The smallest absolute Gasteiger partial charge is 0.138 e. The number of aromatic nitrogens is 2. The Morgan fingerprint density at radius 3 is 2.10 bits per heavy atom. The first-order chi connectivity index (χ1) is 24.7. The number of pyridine rings is 1. The zero-order valence-corrected chi connectivity index (χ0v) is 29.3. The van der Waals surface area contributed by atoms with E-state index in [-0.39, 0.29) is 0 Å². The van der Waals surface area contributed by atoms with Crippen molar-refractivity contribution >= 4 is 72.8 Å². The normalized spacial score (nSPS) is 12.1. The van der Waals surface area contributed by atoms with Crippen LogP contribution in [0.4, 0.5) is 11.4 Å². The number of rotatable bonds is 6. The van der Waals surface area contributed by atoms with Gasteiger partial charge in [-0.2, -0.15) is 0 Å². The Labute approximate surface area is 297 Å². The number of hydrogen-bond acceptors (Lipinski definition) is 3. The van der Waals surface area contributed by atoms with Gasteiger partial charge < -0.3 is 5.32 Å². The molecule has 0 radical (unpaired) electrons. The molecule has 1 N–H and O–H groups in total. The summed E-state index contributed by atoms with van der Waals surface area (Å²) in [5, 5.41) is 8.73. The predicted octanol–water partition coefficient (Wildman–Crippen LogP) is 11.9. The molecule has 0 atom stereocenters. The molecule has 3 nitrogen and oxygen atoms in total. The molecule has 0 bridgehead atoms. The molecule has 3 heterocycles. The van der Waals surface area contributed by atoms with Gasteiger partial charge in [-0.15, -0.1) is 11.3 Å². The van der Waals surface area contributed by atoms with Crippen molar-refractivity contribution in [2.75, 3.05) is 5.32 Å². The molecule has 0 spiro atoms. The van der Waals surface area contributed by atoms with Gasteiger partial charge >= 0.3 is 0 Å². The van der Waals surface area contributed by atoms with Gasteiger partial charge in [-0.3, -0.25) is 4.57 Å². The summed E-state index contributed by atoms with van der Waals surface area (Å²) in [6.07, 6.45) is 10.2. The van der Waals surface area contributed by atoms with Crippen LogP contribution in [0.3, 0.4) is 0 Å². The molecule has 0 amide bonds. The molecule has 0 aliphatic heterocycles. The maximum atomic E-state index is 5.42. The summed E-state index contributed by atoms with van der Waals surface area (Å²) < 4.78 is 5.06. The second-order valence-corrected chi connectivity index (χ2v) is 13.8. The number of hydrogen-bond donors (Lipinski definition) is 1. The summed E-state index contributed by atoms with van der Waals surface area (Å²) in [6.45, 7) is 8.48. The molecule has 9 rings (SSSR count). The van der Waals surface area contributed by atoms with Crippen LogP contribution in [0, 0.1) is 0 Å². The molecule has 1 aliphatic carbocycles. The number of para-hydroxylation sites is 1. The SMILES string of the molecule is C=Cc1cc2c(cc1Nc1ccccc1)c1ccc3c4c(sc3c1n2-c1cc(-c2ccccc2)cc(-c2ccccc2)n1)=CCCC=4.CCC. The monoisotopic (exact) mass is 665 g/mol. The van der Waals surface area contributed by atoms with Crippen molar-refractivity contribution in [3.8, 4) is 28.2 Å². The third-order valence-electron chi connectivity index (χ3n) is 9.16. The minimum absolute atomic E-state index is 0.899. The van der Waals surface area contributed by atoms with Crippen molar-refractivity contribution in [3.63, 3.8) is 0 Å². The first-order valence-corrected chi connectivity index (χ1v) is 18.3. The lowest BCUT2D eigenvalue weighted by Crippen LogP contribution is -2.20. The standard InChI is InChI=1S/C43H31N3S.C3H8/c1-2-28-25-39-36(27-38(28)44-32-18-10-5-11-19-32)34-22-23-35-33-20-12-13-21-40(33)47-43(35)42(34)46(39)41-26-31(29-14-6-3-7-15-29)24-37(45-41)30-16-8-4-9-17-30;1-3-2/h2-11,14-27,44H,1,12-13H2;3H2,1-2H3. The first-order valence-electron chi connectivity index (χ1n) is 17.5. The number of benzene rings is 5. The predicted molar refractivity (Wildman–Crippen MR) is 218 cm³/mol. The molecule has 0 saturated heterocycles. The van der Waals surface area contributed by atoms with E-state index in [1.165, 1.54) is 42.5 Å². The highest BCUT2D eigenvalue weighted by Crippen LogP contribution is 2.41. The molecule has 0 unspecified atom stereocenters. The molecule has 0 fully saturated rings. The lowest BCUT2D eigenvalue weighted by atomic mass is 10.0. The molecule has 4 heteroatoms. The number of fused-ring (bicyclic) bond motifs is 7. The van der Waals surface area contributed by atoms with Gasteiger partial charge in [-0.05, 0) is 71.1 Å². The largest absolute Gasteiger partial charge is 0.355 e. The highest BCUT2D eigenvalue weighted by Gasteiger charge is 2.21. The Kier molecular flexibility index (Phi) is 8.62. The third kappa shape index (κ3) is 5.72. The van der Waals surface area contributed by atoms with E-state index in [9.17, 15) is 0 Å². The van der Waals surface area contributed by atoms with Crippen LogP contribution in [0.15, 0.2) is 134 Å². The van der Waals surface area contributed by atoms with Crippen LogP contribution in [-0.4, -0.2) is 9.55 Å². The van der Waals surface area contributed by atoms with Crippen molar-refractivity contribution in [2.45, 2.75) is 33.1 Å². The zero-order chi connectivity index (χ0) is 34.0. The van der Waals surface area contributed by atoms with E-state index in [1.807, 2.05) is 23.5 Å². The van der Waals surface area contributed by atoms with Crippen molar-refractivity contribution in [2.24, 2.45) is 0 Å². The van der Waals surface area contributed by atoms with E-state index in [4.69, 9.17) is 4.98 Å². The summed E-state index contributed by atoms with van der Waals surface area (Å²) in [6, 6.07) is 45.1. The molecular weight excluding hydrogens is 627 g/mol. The van der Waals surface area contributed by atoms with Crippen LogP contribution < -0.4 is 15.1 Å². The van der Waals surface area contributed by atoms with E-state index in [0.29, 0.717) is 0 Å². The van der Waals surface area contributed by atoms with E-state index in [2.05, 4.69) is 164 Å². The third-order valence-corrected chi connectivity index (χ3v) is 10.4. The molecular formula is C46H39N3S. The molecule has 5 aromatic carbocycles. The van der Waals surface area contributed by atoms with Crippen LogP contribution in [0.2, 0.25) is 0 Å². The Bertz CT molecular complexity index is 2560. The van der Waals surface area contributed by atoms with Gasteiger partial charge in [0.25, 0.3) is 0 Å². The van der Waals surface area contributed by atoms with Crippen molar-refractivity contribution < 1.29 is 0 Å². The van der Waals surface area contributed by atoms with Gasteiger partial charge in [0.1, 0.15) is 5.82 Å². The molecule has 50 heavy (non-hydrogen) atoms. The molecule has 8 aromatic rings. The lowest BCUT2D eigenvalue weighted by molar-refractivity contribution is 1.09. The van der Waals surface area contributed by atoms with E-state index >= 15 is 0 Å². The number of anilines is 2. The summed E-state index contributed by atoms with van der Waals surface area (Å²) in [4.78, 5) is 5.42. The van der Waals surface area contributed by atoms with Crippen LogP contribution in [0.5, 0.6) is 0 Å². The number of nitrogens with zero attached hydrogens (tertiary/aromatic N) is 2. The van der Waals surface area contributed by atoms with E-state index < -0.39 is 0 Å². The van der Waals surface area contributed by atoms with Crippen LogP contribution >= 0.6 is 11.3 Å². The summed E-state index contributed by atoms with van der Waals surface area (Å²) in [5.41, 5.74) is 9.75. The van der Waals surface area contributed by atoms with Crippen LogP contribution in [-0.2, 0) is 0 Å². The summed E-state index contributed by atoms with van der Waals surface area (Å²) in [5.74, 6) is 0.899. The second-order valence-electron chi connectivity index (χ2n) is 12.7. The van der Waals surface area contributed by atoms with E-state index in [0.717, 1.165) is 63.5 Å². The van der Waals surface area contributed by atoms with Crippen molar-refractivity contribution in [1.29, 1.82) is 0 Å². The Balaban J connectivity index is 0.00000116. The van der Waals surface area contributed by atoms with Gasteiger partial charge in [0.15, 0.2) is 0 Å². The number of nitrogens with one attached hydrogen (secondary N) is 1. The van der Waals surface area contributed by atoms with Gasteiger partial charge in [-0.25, -0.2) is 4.98 Å². The molecule has 1 aliphatic rings. The number of thiophene rings is 1. The highest BCUT2D eigenvalue weighted by atomic mass is 32.1. The van der Waals surface area contributed by atoms with Gasteiger partial charge in [-0.1, -0.05) is 136 Å². The minimum atomic E-state index is 0.899. The maximum absolute atomic E-state index is 5.42. The highest BCUT2D eigenvalue weighted by molar-refractivity contribution is 7.18. The molecule has 244 valence electrons. The van der Waals surface area contributed by atoms with Crippen LogP contribution in [0.1, 0.15) is 38.7 Å². The zero-order valence-electron chi connectivity index (χ0n) is 28.5. The van der Waals surface area contributed by atoms with Crippen molar-refractivity contribution in [3.05, 3.63) is 149 Å². The van der Waals surface area contributed by atoms with Gasteiger partial charge in [0, 0.05) is 37.6 Å². The Morgan fingerprint density at radius 1 is 0.720 bits per heavy atom. The maximum Gasteiger partial charge on any atom is 0.138 e. The summed E-state index contributed by atoms with van der Waals surface area (Å²) >= 11 is 1.90. The molecule has 3 aromatic heterocycles. The Hall–Kier alpha value is -5.71.